The van der Waals surface area contributed by atoms with E-state index in [1.165, 1.54) is 6.08 Å². The van der Waals surface area contributed by atoms with Crippen molar-refractivity contribution < 1.29 is 14.6 Å². The van der Waals surface area contributed by atoms with Crippen LogP contribution in [0.2, 0.25) is 0 Å². The first kappa shape index (κ1) is 14.3. The van der Waals surface area contributed by atoms with Gasteiger partial charge in [0.2, 0.25) is 0 Å². The monoisotopic (exact) mass is 336 g/mol. The first-order valence-electron chi connectivity index (χ1n) is 5.99. The molecule has 0 aliphatic heterocycles. The molecule has 0 aliphatic carbocycles. The van der Waals surface area contributed by atoms with Crippen molar-refractivity contribution >= 4 is 28.0 Å². The molecule has 0 radical (unpaired) electrons. The summed E-state index contributed by atoms with van der Waals surface area (Å²) in [6.45, 7) is 2.74. The predicted octanol–water partition coefficient (Wildman–Crippen LogP) is 3.56. The fourth-order valence-corrected chi connectivity index (χ4v) is 1.98. The molecule has 20 heavy (non-hydrogen) atoms. The second-order valence-electron chi connectivity index (χ2n) is 3.99. The standard InChI is InChI=1S/C14H13BrN2O3/c1-2-17-9-12(8-16-17)20-13-5-4-11(15)7-10(13)3-6-14(18)19/h3-9H,2H2,1H3,(H,18,19)/b6-3+. The van der Waals surface area contributed by atoms with Crippen LogP contribution in [0.1, 0.15) is 12.5 Å². The molecule has 0 saturated carbocycles. The number of halogens is 1. The van der Waals surface area contributed by atoms with Gasteiger partial charge in [0.1, 0.15) is 5.75 Å². The molecule has 0 bridgehead atoms. The first-order chi connectivity index (χ1) is 9.58. The smallest absolute Gasteiger partial charge is 0.328 e. The van der Waals surface area contributed by atoms with E-state index >= 15 is 0 Å². The third-order valence-electron chi connectivity index (χ3n) is 2.54. The van der Waals surface area contributed by atoms with Crippen LogP contribution < -0.4 is 4.74 Å². The molecule has 2 aromatic rings. The summed E-state index contributed by atoms with van der Waals surface area (Å²) >= 11 is 3.35. The van der Waals surface area contributed by atoms with Crippen LogP contribution in [0, 0.1) is 0 Å². The van der Waals surface area contributed by atoms with Crippen molar-refractivity contribution in [1.82, 2.24) is 9.78 Å². The molecule has 1 aromatic heterocycles. The van der Waals surface area contributed by atoms with Gasteiger partial charge in [-0.15, -0.1) is 0 Å². The number of carboxylic acid groups (broad SMARTS) is 1. The average molecular weight is 337 g/mol. The Morgan fingerprint density at radius 1 is 1.55 bits per heavy atom. The lowest BCUT2D eigenvalue weighted by molar-refractivity contribution is -0.131. The number of rotatable bonds is 5. The van der Waals surface area contributed by atoms with Gasteiger partial charge in [-0.05, 0) is 31.2 Å². The molecule has 1 N–H and O–H groups in total. The Bertz CT molecular complexity index is 650. The molecule has 1 aromatic carbocycles. The Balaban J connectivity index is 2.28. The number of hydrogen-bond donors (Lipinski definition) is 1. The van der Waals surface area contributed by atoms with Gasteiger partial charge in [-0.2, -0.15) is 5.10 Å². The van der Waals surface area contributed by atoms with Crippen molar-refractivity contribution in [2.45, 2.75) is 13.5 Å². The summed E-state index contributed by atoms with van der Waals surface area (Å²) < 4.78 is 8.33. The molecular weight excluding hydrogens is 324 g/mol. The lowest BCUT2D eigenvalue weighted by Crippen LogP contribution is -1.92. The van der Waals surface area contributed by atoms with Gasteiger partial charge < -0.3 is 9.84 Å². The Labute approximate surface area is 124 Å². The first-order valence-corrected chi connectivity index (χ1v) is 6.78. The van der Waals surface area contributed by atoms with Crippen LogP contribution >= 0.6 is 15.9 Å². The number of carbonyl (C=O) groups is 1. The number of aryl methyl sites for hydroxylation is 1. The molecule has 0 atom stereocenters. The second kappa shape index (κ2) is 6.38. The number of hydrogen-bond acceptors (Lipinski definition) is 3. The fourth-order valence-electron chi connectivity index (χ4n) is 1.60. The van der Waals surface area contributed by atoms with E-state index in [4.69, 9.17) is 9.84 Å². The lowest BCUT2D eigenvalue weighted by atomic mass is 10.2. The molecule has 1 heterocycles. The van der Waals surface area contributed by atoms with Gasteiger partial charge in [0.15, 0.2) is 5.75 Å². The van der Waals surface area contributed by atoms with E-state index in [9.17, 15) is 4.79 Å². The highest BCUT2D eigenvalue weighted by atomic mass is 79.9. The number of aliphatic carboxylic acids is 1. The number of ether oxygens (including phenoxy) is 1. The zero-order chi connectivity index (χ0) is 14.5. The summed E-state index contributed by atoms with van der Waals surface area (Å²) in [6, 6.07) is 5.39. The van der Waals surface area contributed by atoms with E-state index in [0.29, 0.717) is 17.1 Å². The molecule has 0 amide bonds. The maximum atomic E-state index is 10.6. The minimum atomic E-state index is -1.00. The number of carboxylic acids is 1. The Morgan fingerprint density at radius 2 is 2.35 bits per heavy atom. The number of aromatic nitrogens is 2. The van der Waals surface area contributed by atoms with E-state index in [-0.39, 0.29) is 0 Å². The summed E-state index contributed by atoms with van der Waals surface area (Å²) in [6.07, 6.45) is 5.97. The van der Waals surface area contributed by atoms with Gasteiger partial charge in [-0.1, -0.05) is 15.9 Å². The highest BCUT2D eigenvalue weighted by molar-refractivity contribution is 9.10. The summed E-state index contributed by atoms with van der Waals surface area (Å²) in [4.78, 5) is 10.6. The van der Waals surface area contributed by atoms with E-state index in [2.05, 4.69) is 21.0 Å². The summed E-state index contributed by atoms with van der Waals surface area (Å²) in [5.41, 5.74) is 0.672. The topological polar surface area (TPSA) is 64.3 Å². The molecule has 0 aliphatic rings. The summed E-state index contributed by atoms with van der Waals surface area (Å²) in [5, 5.41) is 12.8. The van der Waals surface area contributed by atoms with E-state index in [0.717, 1.165) is 17.1 Å². The predicted molar refractivity (Wildman–Crippen MR) is 78.8 cm³/mol. The van der Waals surface area contributed by atoms with Gasteiger partial charge in [-0.25, -0.2) is 4.79 Å². The van der Waals surface area contributed by atoms with E-state index < -0.39 is 5.97 Å². The molecule has 5 nitrogen and oxygen atoms in total. The largest absolute Gasteiger partial charge is 0.478 e. The highest BCUT2D eigenvalue weighted by Gasteiger charge is 2.06. The van der Waals surface area contributed by atoms with Crippen LogP contribution in [0.3, 0.4) is 0 Å². The third-order valence-corrected chi connectivity index (χ3v) is 3.03. The van der Waals surface area contributed by atoms with Crippen LogP contribution in [0.4, 0.5) is 0 Å². The number of benzene rings is 1. The molecule has 104 valence electrons. The van der Waals surface area contributed by atoms with Gasteiger partial charge in [0, 0.05) is 22.7 Å². The normalized spacial score (nSPS) is 10.9. The Hall–Kier alpha value is -2.08. The molecule has 6 heteroatoms. The Kier molecular flexibility index (Phi) is 4.57. The molecule has 0 spiro atoms. The maximum absolute atomic E-state index is 10.6. The Morgan fingerprint density at radius 3 is 3.00 bits per heavy atom. The highest BCUT2D eigenvalue weighted by Crippen LogP contribution is 2.28. The van der Waals surface area contributed by atoms with Gasteiger partial charge in [0.05, 0.1) is 12.4 Å². The minimum Gasteiger partial charge on any atom is -0.478 e. The van der Waals surface area contributed by atoms with Crippen molar-refractivity contribution in [3.05, 3.63) is 46.7 Å². The molecule has 0 unspecified atom stereocenters. The van der Waals surface area contributed by atoms with Crippen LogP contribution in [0.5, 0.6) is 11.5 Å². The van der Waals surface area contributed by atoms with E-state index in [1.54, 1.807) is 29.2 Å². The quantitative estimate of drug-likeness (QED) is 0.848. The zero-order valence-corrected chi connectivity index (χ0v) is 12.4. The third kappa shape index (κ3) is 3.71. The van der Waals surface area contributed by atoms with Gasteiger partial charge in [0.25, 0.3) is 0 Å². The van der Waals surface area contributed by atoms with Crippen LogP contribution in [0.15, 0.2) is 41.1 Å². The molecule has 0 saturated heterocycles. The van der Waals surface area contributed by atoms with Crippen molar-refractivity contribution in [3.8, 4) is 11.5 Å². The fraction of sp³-hybridized carbons (Fsp3) is 0.143. The van der Waals surface area contributed by atoms with Crippen molar-refractivity contribution in [2.75, 3.05) is 0 Å². The second-order valence-corrected chi connectivity index (χ2v) is 4.90. The molecule has 0 fully saturated rings. The zero-order valence-electron chi connectivity index (χ0n) is 10.8. The van der Waals surface area contributed by atoms with Crippen molar-refractivity contribution in [2.24, 2.45) is 0 Å². The number of nitrogens with zero attached hydrogens (tertiary/aromatic N) is 2. The maximum Gasteiger partial charge on any atom is 0.328 e. The molecule has 2 rings (SSSR count). The average Bonchev–Trinajstić information content (AvgIpc) is 2.86. The van der Waals surface area contributed by atoms with Crippen molar-refractivity contribution in [3.63, 3.8) is 0 Å². The van der Waals surface area contributed by atoms with Crippen LogP contribution in [-0.2, 0) is 11.3 Å². The van der Waals surface area contributed by atoms with E-state index in [1.807, 2.05) is 13.0 Å². The van der Waals surface area contributed by atoms with Gasteiger partial charge in [-0.3, -0.25) is 4.68 Å². The van der Waals surface area contributed by atoms with Crippen LogP contribution in [-0.4, -0.2) is 20.9 Å². The lowest BCUT2D eigenvalue weighted by Gasteiger charge is -2.07. The molecular formula is C14H13BrN2O3. The summed E-state index contributed by atoms with van der Waals surface area (Å²) in [5.74, 6) is 0.176. The minimum absolute atomic E-state index is 0.571. The SMILES string of the molecule is CCn1cc(Oc2ccc(Br)cc2/C=C/C(=O)O)cn1. The van der Waals surface area contributed by atoms with Crippen molar-refractivity contribution in [1.29, 1.82) is 0 Å². The van der Waals surface area contributed by atoms with Gasteiger partial charge >= 0.3 is 5.97 Å². The van der Waals surface area contributed by atoms with Crippen LogP contribution in [0.25, 0.3) is 6.08 Å². The summed E-state index contributed by atoms with van der Waals surface area (Å²) in [7, 11) is 0.